The second-order valence-corrected chi connectivity index (χ2v) is 5.00. The lowest BCUT2D eigenvalue weighted by molar-refractivity contribution is -0.0209. The largest absolute Gasteiger partial charge is 0.388 e. The van der Waals surface area contributed by atoms with Crippen LogP contribution >= 0.6 is 11.6 Å². The molecule has 0 saturated carbocycles. The van der Waals surface area contributed by atoms with Gasteiger partial charge in [-0.15, -0.1) is 0 Å². The third-order valence-corrected chi connectivity index (χ3v) is 3.64. The highest BCUT2D eigenvalue weighted by Gasteiger charge is 2.25. The van der Waals surface area contributed by atoms with Gasteiger partial charge in [-0.05, 0) is 12.0 Å². The summed E-state index contributed by atoms with van der Waals surface area (Å²) in [6.45, 7) is 3.10. The van der Waals surface area contributed by atoms with Crippen LogP contribution in [0.2, 0.25) is 0 Å². The minimum atomic E-state index is -0.449. The van der Waals surface area contributed by atoms with Gasteiger partial charge in [-0.2, -0.15) is 0 Å². The summed E-state index contributed by atoms with van der Waals surface area (Å²) in [6.07, 6.45) is 2.16. The summed E-state index contributed by atoms with van der Waals surface area (Å²) in [5.41, 5.74) is 2.50. The average molecular weight is 282 g/mol. The molecule has 2 unspecified atom stereocenters. The predicted octanol–water partition coefficient (Wildman–Crippen LogP) is 2.56. The molecule has 0 bridgehead atoms. The Balaban J connectivity index is 1.95. The van der Waals surface area contributed by atoms with Gasteiger partial charge in [-0.1, -0.05) is 48.0 Å². The van der Waals surface area contributed by atoms with Gasteiger partial charge in [0.1, 0.15) is 0 Å². The van der Waals surface area contributed by atoms with E-state index in [4.69, 9.17) is 16.3 Å². The summed E-state index contributed by atoms with van der Waals surface area (Å²) in [5.74, 6) is 0. The number of hydrogen-bond donors (Lipinski definition) is 1. The molecule has 0 spiro atoms. The van der Waals surface area contributed by atoms with Crippen molar-refractivity contribution in [2.45, 2.75) is 18.6 Å². The minimum absolute atomic E-state index is 0.233. The second-order valence-electron chi connectivity index (χ2n) is 4.75. The fourth-order valence-electron chi connectivity index (χ4n) is 2.39. The van der Waals surface area contributed by atoms with E-state index in [1.807, 2.05) is 36.4 Å². The van der Waals surface area contributed by atoms with Gasteiger partial charge in [0, 0.05) is 24.7 Å². The normalized spacial score (nSPS) is 22.7. The molecule has 3 nitrogen and oxygen atoms in total. The smallest absolute Gasteiger partial charge is 0.0805 e. The molecule has 4 heteroatoms. The number of rotatable bonds is 5. The molecule has 1 heterocycles. The number of benzene rings is 1. The maximum atomic E-state index is 10.3. The first-order valence-corrected chi connectivity index (χ1v) is 7.05. The van der Waals surface area contributed by atoms with Crippen molar-refractivity contribution in [2.24, 2.45) is 0 Å². The van der Waals surface area contributed by atoms with Crippen molar-refractivity contribution in [2.75, 3.05) is 26.3 Å². The number of hydrogen-bond acceptors (Lipinski definition) is 3. The Labute approximate surface area is 119 Å². The van der Waals surface area contributed by atoms with Crippen molar-refractivity contribution in [3.63, 3.8) is 0 Å². The van der Waals surface area contributed by atoms with Gasteiger partial charge in [0.15, 0.2) is 0 Å². The number of ether oxygens (including phenoxy) is 1. The highest BCUT2D eigenvalue weighted by Crippen LogP contribution is 2.22. The molecular weight excluding hydrogens is 262 g/mol. The second kappa shape index (κ2) is 7.65. The molecule has 19 heavy (non-hydrogen) atoms. The van der Waals surface area contributed by atoms with Gasteiger partial charge in [0.25, 0.3) is 0 Å². The number of morpholine rings is 1. The summed E-state index contributed by atoms with van der Waals surface area (Å²) in [4.78, 5) is 2.30. The molecule has 1 fully saturated rings. The van der Waals surface area contributed by atoms with E-state index >= 15 is 0 Å². The zero-order chi connectivity index (χ0) is 13.5. The monoisotopic (exact) mass is 281 g/mol. The quantitative estimate of drug-likeness (QED) is 0.900. The van der Waals surface area contributed by atoms with Crippen molar-refractivity contribution in [1.29, 1.82) is 0 Å². The van der Waals surface area contributed by atoms with Crippen LogP contribution < -0.4 is 0 Å². The van der Waals surface area contributed by atoms with Crippen LogP contribution in [0, 0.1) is 0 Å². The van der Waals surface area contributed by atoms with Gasteiger partial charge in [-0.3, -0.25) is 4.90 Å². The Morgan fingerprint density at radius 1 is 1.42 bits per heavy atom. The fraction of sp³-hybridized carbons (Fsp3) is 0.467. The van der Waals surface area contributed by atoms with Crippen molar-refractivity contribution < 1.29 is 9.84 Å². The summed E-state index contributed by atoms with van der Waals surface area (Å²) >= 11 is 5.58. The van der Waals surface area contributed by atoms with Crippen LogP contribution in [-0.2, 0) is 4.74 Å². The molecule has 2 atom stereocenters. The first kappa shape index (κ1) is 14.5. The first-order valence-electron chi connectivity index (χ1n) is 6.61. The Kier molecular flexibility index (Phi) is 5.86. The highest BCUT2D eigenvalue weighted by atomic mass is 35.5. The molecule has 1 aliphatic rings. The summed E-state index contributed by atoms with van der Waals surface area (Å²) in [5, 5.41) is 10.3. The zero-order valence-electron chi connectivity index (χ0n) is 10.9. The van der Waals surface area contributed by atoms with Crippen molar-refractivity contribution in [1.82, 2.24) is 4.90 Å². The molecule has 0 radical (unpaired) electrons. The van der Waals surface area contributed by atoms with Crippen LogP contribution in [0.1, 0.15) is 18.1 Å². The van der Waals surface area contributed by atoms with E-state index in [2.05, 4.69) is 4.90 Å². The number of nitrogens with zero attached hydrogens (tertiary/aromatic N) is 1. The lowest BCUT2D eigenvalue weighted by Gasteiger charge is -2.36. The predicted molar refractivity (Wildman–Crippen MR) is 77.2 cm³/mol. The van der Waals surface area contributed by atoms with Gasteiger partial charge in [-0.25, -0.2) is 0 Å². The average Bonchev–Trinajstić information content (AvgIpc) is 2.47. The molecule has 2 rings (SSSR count). The van der Waals surface area contributed by atoms with Crippen LogP contribution in [0.5, 0.6) is 0 Å². The van der Waals surface area contributed by atoms with Crippen LogP contribution in [0.4, 0.5) is 0 Å². The number of halogens is 1. The molecule has 0 amide bonds. The molecule has 0 aliphatic carbocycles. The molecular formula is C15H20ClNO2. The molecule has 1 aromatic carbocycles. The number of aliphatic hydroxyl groups excluding tert-OH is 1. The standard InChI is InChI=1S/C15H20ClNO2/c16-7-4-8-17-9-10-19-12-14(17)11-15(18)13-5-2-1-3-6-13/h1-7,14-15,18H,8-12H2/b7-4+. The molecule has 1 saturated heterocycles. The maximum Gasteiger partial charge on any atom is 0.0805 e. The van der Waals surface area contributed by atoms with Gasteiger partial charge < -0.3 is 9.84 Å². The third kappa shape index (κ3) is 4.32. The Morgan fingerprint density at radius 2 is 2.21 bits per heavy atom. The van der Waals surface area contributed by atoms with Crippen molar-refractivity contribution in [3.8, 4) is 0 Å². The summed E-state index contributed by atoms with van der Waals surface area (Å²) < 4.78 is 5.52. The van der Waals surface area contributed by atoms with Crippen LogP contribution in [0.15, 0.2) is 41.9 Å². The van der Waals surface area contributed by atoms with E-state index in [0.717, 1.165) is 25.3 Å². The van der Waals surface area contributed by atoms with E-state index in [1.165, 1.54) is 0 Å². The summed E-state index contributed by atoms with van der Waals surface area (Å²) in [7, 11) is 0. The van der Waals surface area contributed by atoms with Gasteiger partial charge in [0.2, 0.25) is 0 Å². The molecule has 1 N–H and O–H groups in total. The van der Waals surface area contributed by atoms with E-state index in [0.29, 0.717) is 13.0 Å². The fourth-order valence-corrected chi connectivity index (χ4v) is 2.47. The Bertz CT molecular complexity index is 396. The van der Waals surface area contributed by atoms with Gasteiger partial charge >= 0.3 is 0 Å². The lowest BCUT2D eigenvalue weighted by atomic mass is 10.0. The van der Waals surface area contributed by atoms with E-state index in [1.54, 1.807) is 5.54 Å². The van der Waals surface area contributed by atoms with Crippen LogP contribution in [-0.4, -0.2) is 42.4 Å². The molecule has 1 aromatic rings. The molecule has 1 aliphatic heterocycles. The van der Waals surface area contributed by atoms with Crippen molar-refractivity contribution in [3.05, 3.63) is 47.5 Å². The SMILES string of the molecule is OC(CC1COCCN1C/C=C/Cl)c1ccccc1. The molecule has 0 aromatic heterocycles. The third-order valence-electron chi connectivity index (χ3n) is 3.46. The van der Waals surface area contributed by atoms with Gasteiger partial charge in [0.05, 0.1) is 19.3 Å². The summed E-state index contributed by atoms with van der Waals surface area (Å²) in [6, 6.07) is 10.00. The van der Waals surface area contributed by atoms with Crippen LogP contribution in [0.3, 0.4) is 0 Å². The minimum Gasteiger partial charge on any atom is -0.388 e. The van der Waals surface area contributed by atoms with E-state index in [-0.39, 0.29) is 6.04 Å². The van der Waals surface area contributed by atoms with E-state index in [9.17, 15) is 5.11 Å². The first-order chi connectivity index (χ1) is 9.31. The highest BCUT2D eigenvalue weighted by molar-refractivity contribution is 6.25. The number of aliphatic hydroxyl groups is 1. The Hall–Kier alpha value is -0.870. The van der Waals surface area contributed by atoms with Crippen LogP contribution in [0.25, 0.3) is 0 Å². The topological polar surface area (TPSA) is 32.7 Å². The maximum absolute atomic E-state index is 10.3. The Morgan fingerprint density at radius 3 is 2.95 bits per heavy atom. The molecule has 104 valence electrons. The van der Waals surface area contributed by atoms with Crippen molar-refractivity contribution >= 4 is 11.6 Å². The lowest BCUT2D eigenvalue weighted by Crippen LogP contribution is -2.46. The zero-order valence-corrected chi connectivity index (χ0v) is 11.7. The van der Waals surface area contributed by atoms with E-state index < -0.39 is 6.10 Å².